The molecule has 0 N–H and O–H groups in total. The second-order valence-corrected chi connectivity index (χ2v) is 8.03. The molecule has 0 saturated heterocycles. The van der Waals surface area contributed by atoms with Crippen molar-refractivity contribution in [2.24, 2.45) is 4.99 Å². The highest BCUT2D eigenvalue weighted by Crippen LogP contribution is 2.38. The molecular formula is C22H19N3O3S2. The molecule has 4 aromatic rings. The van der Waals surface area contributed by atoms with E-state index in [9.17, 15) is 4.79 Å². The molecule has 0 saturated carbocycles. The van der Waals surface area contributed by atoms with Crippen molar-refractivity contribution in [1.29, 1.82) is 0 Å². The van der Waals surface area contributed by atoms with Crippen LogP contribution in [0, 0.1) is 0 Å². The number of thiazole rings is 2. The maximum atomic E-state index is 12.8. The summed E-state index contributed by atoms with van der Waals surface area (Å²) < 4.78 is 12.8. The molecule has 0 bridgehead atoms. The molecule has 0 aliphatic carbocycles. The number of aromatic nitrogens is 2. The summed E-state index contributed by atoms with van der Waals surface area (Å²) in [5.41, 5.74) is 2.22. The van der Waals surface area contributed by atoms with Gasteiger partial charge in [0.15, 0.2) is 16.3 Å². The number of carbonyl (C=O) groups excluding carboxylic acids is 1. The predicted molar refractivity (Wildman–Crippen MR) is 118 cm³/mol. The zero-order valence-corrected chi connectivity index (χ0v) is 18.1. The Hall–Kier alpha value is -3.23. The fraction of sp³-hybridized carbons (Fsp3) is 0.136. The van der Waals surface area contributed by atoms with Gasteiger partial charge in [-0.3, -0.25) is 4.79 Å². The van der Waals surface area contributed by atoms with Gasteiger partial charge in [0.2, 0.25) is 0 Å². The van der Waals surface area contributed by atoms with Gasteiger partial charge >= 0.3 is 0 Å². The first kappa shape index (κ1) is 20.1. The molecule has 8 heteroatoms. The number of ether oxygens (including phenoxy) is 2. The lowest BCUT2D eigenvalue weighted by Crippen LogP contribution is -2.17. The minimum atomic E-state index is -0.372. The zero-order valence-electron chi connectivity index (χ0n) is 16.4. The molecule has 6 nitrogen and oxygen atoms in total. The Morgan fingerprint density at radius 3 is 2.67 bits per heavy atom. The first-order valence-electron chi connectivity index (χ1n) is 9.13. The number of nitrogens with zero attached hydrogens (tertiary/aromatic N) is 3. The molecule has 152 valence electrons. The fourth-order valence-electron chi connectivity index (χ4n) is 2.98. The molecule has 0 aliphatic heterocycles. The molecule has 0 atom stereocenters. The standard InChI is InChI=1S/C22H19N3O3S2/c1-27-18-10-6-9-16(19(18)28-2)21-23-17(14-30-21)20(26)24-22-25(11-12-29-22)13-15-7-4-3-5-8-15/h3-12,14H,13H2,1-2H3. The number of carbonyl (C=O) groups is 1. The summed E-state index contributed by atoms with van der Waals surface area (Å²) in [6.07, 6.45) is 1.93. The number of amides is 1. The Bertz CT molecular complexity index is 1230. The first-order chi connectivity index (χ1) is 14.7. The van der Waals surface area contributed by atoms with Gasteiger partial charge in [-0.05, 0) is 17.7 Å². The van der Waals surface area contributed by atoms with Crippen LogP contribution in [0.5, 0.6) is 11.5 Å². The van der Waals surface area contributed by atoms with Gasteiger partial charge in [0.1, 0.15) is 10.7 Å². The van der Waals surface area contributed by atoms with Crippen LogP contribution in [-0.4, -0.2) is 29.7 Å². The van der Waals surface area contributed by atoms with Crippen LogP contribution in [0.4, 0.5) is 0 Å². The number of benzene rings is 2. The number of rotatable bonds is 6. The molecule has 4 rings (SSSR count). The molecule has 2 aromatic carbocycles. The minimum Gasteiger partial charge on any atom is -0.493 e. The van der Waals surface area contributed by atoms with E-state index in [0.717, 1.165) is 11.1 Å². The van der Waals surface area contributed by atoms with Crippen LogP contribution in [0.25, 0.3) is 10.6 Å². The van der Waals surface area contributed by atoms with Crippen LogP contribution < -0.4 is 14.3 Å². The van der Waals surface area contributed by atoms with Gasteiger partial charge < -0.3 is 14.0 Å². The van der Waals surface area contributed by atoms with Crippen LogP contribution in [-0.2, 0) is 6.54 Å². The second kappa shape index (κ2) is 9.06. The van der Waals surface area contributed by atoms with E-state index in [2.05, 4.69) is 9.98 Å². The van der Waals surface area contributed by atoms with Crippen molar-refractivity contribution in [3.8, 4) is 22.1 Å². The van der Waals surface area contributed by atoms with Crippen molar-refractivity contribution in [1.82, 2.24) is 9.55 Å². The van der Waals surface area contributed by atoms with Crippen molar-refractivity contribution in [3.05, 3.63) is 81.5 Å². The van der Waals surface area contributed by atoms with Crippen LogP contribution in [0.1, 0.15) is 16.1 Å². The molecule has 2 aromatic heterocycles. The Labute approximate surface area is 181 Å². The van der Waals surface area contributed by atoms with Crippen LogP contribution in [0.3, 0.4) is 0 Å². The third-order valence-corrected chi connectivity index (χ3v) is 6.08. The first-order valence-corrected chi connectivity index (χ1v) is 10.9. The van der Waals surface area contributed by atoms with Crippen LogP contribution in [0.2, 0.25) is 0 Å². The fourth-order valence-corrected chi connectivity index (χ4v) is 4.52. The van der Waals surface area contributed by atoms with Crippen LogP contribution >= 0.6 is 22.7 Å². The minimum absolute atomic E-state index is 0.305. The van der Waals surface area contributed by atoms with E-state index in [1.807, 2.05) is 64.7 Å². The molecule has 2 heterocycles. The summed E-state index contributed by atoms with van der Waals surface area (Å²) in [5.74, 6) is 0.830. The summed E-state index contributed by atoms with van der Waals surface area (Å²) in [4.78, 5) is 22.2. The Morgan fingerprint density at radius 1 is 1.07 bits per heavy atom. The largest absolute Gasteiger partial charge is 0.493 e. The average Bonchev–Trinajstić information content (AvgIpc) is 3.44. The summed E-state index contributed by atoms with van der Waals surface area (Å²) in [6.45, 7) is 0.653. The molecule has 30 heavy (non-hydrogen) atoms. The van der Waals surface area contributed by atoms with Gasteiger partial charge in [-0.2, -0.15) is 4.99 Å². The maximum absolute atomic E-state index is 12.8. The zero-order chi connectivity index (χ0) is 20.9. The van der Waals surface area contributed by atoms with E-state index in [-0.39, 0.29) is 5.91 Å². The third-order valence-electron chi connectivity index (χ3n) is 4.41. The lowest BCUT2D eigenvalue weighted by molar-refractivity contribution is 0.0994. The van der Waals surface area contributed by atoms with E-state index in [4.69, 9.17) is 9.47 Å². The lowest BCUT2D eigenvalue weighted by atomic mass is 10.2. The van der Waals surface area contributed by atoms with Gasteiger partial charge in [0.25, 0.3) is 5.91 Å². The van der Waals surface area contributed by atoms with Crippen molar-refractivity contribution < 1.29 is 14.3 Å². The molecule has 0 radical (unpaired) electrons. The Balaban J connectivity index is 1.62. The molecule has 0 spiro atoms. The Morgan fingerprint density at radius 2 is 1.90 bits per heavy atom. The van der Waals surface area contributed by atoms with E-state index in [0.29, 0.717) is 33.5 Å². The van der Waals surface area contributed by atoms with Crippen LogP contribution in [0.15, 0.2) is 70.5 Å². The predicted octanol–water partition coefficient (Wildman–Crippen LogP) is 4.48. The second-order valence-electron chi connectivity index (χ2n) is 6.30. The van der Waals surface area contributed by atoms with E-state index >= 15 is 0 Å². The van der Waals surface area contributed by atoms with Gasteiger partial charge in [0.05, 0.1) is 19.8 Å². The molecule has 0 unspecified atom stereocenters. The van der Waals surface area contributed by atoms with Crippen molar-refractivity contribution in [2.45, 2.75) is 6.54 Å². The average molecular weight is 438 g/mol. The monoisotopic (exact) mass is 437 g/mol. The van der Waals surface area contributed by atoms with Gasteiger partial charge in [-0.1, -0.05) is 36.4 Å². The maximum Gasteiger partial charge on any atom is 0.299 e. The van der Waals surface area contributed by atoms with Crippen molar-refractivity contribution in [2.75, 3.05) is 14.2 Å². The normalized spacial score (nSPS) is 11.5. The number of hydrogen-bond acceptors (Lipinski definition) is 6. The summed E-state index contributed by atoms with van der Waals surface area (Å²) >= 11 is 2.79. The summed E-state index contributed by atoms with van der Waals surface area (Å²) in [5, 5.41) is 4.31. The molecule has 1 amide bonds. The van der Waals surface area contributed by atoms with Gasteiger partial charge in [-0.15, -0.1) is 22.7 Å². The van der Waals surface area contributed by atoms with E-state index < -0.39 is 0 Å². The van der Waals surface area contributed by atoms with Crippen molar-refractivity contribution in [3.63, 3.8) is 0 Å². The molecule has 0 aliphatic rings. The van der Waals surface area contributed by atoms with E-state index in [1.54, 1.807) is 19.6 Å². The lowest BCUT2D eigenvalue weighted by Gasteiger charge is -2.10. The highest BCUT2D eigenvalue weighted by Gasteiger charge is 2.17. The summed E-state index contributed by atoms with van der Waals surface area (Å²) in [7, 11) is 3.17. The number of hydrogen-bond donors (Lipinski definition) is 0. The SMILES string of the molecule is COc1cccc(-c2nc(C(=O)N=c3sccn3Cc3ccccc3)cs2)c1OC. The Kier molecular flexibility index (Phi) is 6.06. The summed E-state index contributed by atoms with van der Waals surface area (Å²) in [6, 6.07) is 15.6. The van der Waals surface area contributed by atoms with Gasteiger partial charge in [0, 0.05) is 23.5 Å². The highest BCUT2D eigenvalue weighted by molar-refractivity contribution is 7.13. The number of methoxy groups -OCH3 is 2. The number of para-hydroxylation sites is 1. The topological polar surface area (TPSA) is 65.7 Å². The highest BCUT2D eigenvalue weighted by atomic mass is 32.1. The molecular weight excluding hydrogens is 418 g/mol. The molecule has 0 fully saturated rings. The smallest absolute Gasteiger partial charge is 0.299 e. The van der Waals surface area contributed by atoms with Crippen molar-refractivity contribution >= 4 is 28.6 Å². The quantitative estimate of drug-likeness (QED) is 0.446. The van der Waals surface area contributed by atoms with Gasteiger partial charge in [-0.25, -0.2) is 4.98 Å². The van der Waals surface area contributed by atoms with E-state index in [1.165, 1.54) is 22.7 Å². The third kappa shape index (κ3) is 4.19.